The molecular weight excluding hydrogens is 260 g/mol. The molecule has 110 valence electrons. The molecule has 2 aliphatic rings. The van der Waals surface area contributed by atoms with Gasteiger partial charge >= 0.3 is 0 Å². The van der Waals surface area contributed by atoms with E-state index in [4.69, 9.17) is 0 Å². The molecule has 0 heterocycles. The van der Waals surface area contributed by atoms with Crippen LogP contribution in [0.1, 0.15) is 48.5 Å². The Labute approximate surface area is 126 Å². The van der Waals surface area contributed by atoms with Crippen LogP contribution in [-0.2, 0) is 0 Å². The van der Waals surface area contributed by atoms with Crippen molar-refractivity contribution in [3.63, 3.8) is 0 Å². The molecule has 0 unspecified atom stereocenters. The predicted molar refractivity (Wildman–Crippen MR) is 85.3 cm³/mol. The quantitative estimate of drug-likeness (QED) is 0.510. The van der Waals surface area contributed by atoms with Crippen molar-refractivity contribution in [1.29, 1.82) is 0 Å². The summed E-state index contributed by atoms with van der Waals surface area (Å²) in [5.74, 6) is 2.18. The molecule has 3 nitrogen and oxygen atoms in total. The van der Waals surface area contributed by atoms with Crippen LogP contribution in [0.3, 0.4) is 0 Å². The van der Waals surface area contributed by atoms with Gasteiger partial charge in [-0.2, -0.15) is 5.10 Å². The van der Waals surface area contributed by atoms with E-state index in [9.17, 15) is 4.79 Å². The highest BCUT2D eigenvalue weighted by Gasteiger charge is 2.34. The summed E-state index contributed by atoms with van der Waals surface area (Å²) >= 11 is 0. The standard InChI is InChI=1S/C18H22N2O/c1-12(2)14-5-7-15(8-6-14)18(21)20-19-11-17-10-13-3-4-16(17)9-13/h3-8,11-13,16-17H,9-10H2,1-2H3,(H,20,21)/b19-11-/t13-,16-,17+/m0/s1. The van der Waals surface area contributed by atoms with Gasteiger partial charge in [0.2, 0.25) is 0 Å². The molecule has 1 saturated carbocycles. The maximum absolute atomic E-state index is 12.0. The second-order valence-electron chi connectivity index (χ2n) is 6.44. The maximum atomic E-state index is 12.0. The van der Waals surface area contributed by atoms with E-state index >= 15 is 0 Å². The van der Waals surface area contributed by atoms with Gasteiger partial charge in [-0.15, -0.1) is 0 Å². The van der Waals surface area contributed by atoms with Crippen LogP contribution < -0.4 is 5.43 Å². The number of nitrogens with zero attached hydrogens (tertiary/aromatic N) is 1. The Bertz CT molecular complexity index is 571. The van der Waals surface area contributed by atoms with Gasteiger partial charge in [0.25, 0.3) is 5.91 Å². The van der Waals surface area contributed by atoms with Gasteiger partial charge in [-0.05, 0) is 48.3 Å². The number of amides is 1. The summed E-state index contributed by atoms with van der Waals surface area (Å²) in [6.45, 7) is 4.28. The van der Waals surface area contributed by atoms with Crippen molar-refractivity contribution in [3.05, 3.63) is 47.5 Å². The van der Waals surface area contributed by atoms with E-state index in [0.717, 1.165) is 5.92 Å². The van der Waals surface area contributed by atoms with Gasteiger partial charge in [-0.25, -0.2) is 5.43 Å². The minimum Gasteiger partial charge on any atom is -0.267 e. The largest absolute Gasteiger partial charge is 0.271 e. The summed E-state index contributed by atoms with van der Waals surface area (Å²) < 4.78 is 0. The summed E-state index contributed by atoms with van der Waals surface area (Å²) in [6, 6.07) is 7.73. The summed E-state index contributed by atoms with van der Waals surface area (Å²) in [5, 5.41) is 4.15. The number of fused-ring (bicyclic) bond motifs is 2. The van der Waals surface area contributed by atoms with E-state index in [0.29, 0.717) is 23.3 Å². The molecular formula is C18H22N2O. The number of hydrazone groups is 1. The Morgan fingerprint density at radius 2 is 2.00 bits per heavy atom. The molecule has 3 atom stereocenters. The highest BCUT2D eigenvalue weighted by atomic mass is 16.2. The van der Waals surface area contributed by atoms with E-state index in [1.54, 1.807) is 0 Å². The average Bonchev–Trinajstić information content (AvgIpc) is 3.10. The Morgan fingerprint density at radius 3 is 2.57 bits per heavy atom. The topological polar surface area (TPSA) is 41.5 Å². The number of hydrogen-bond donors (Lipinski definition) is 1. The summed E-state index contributed by atoms with van der Waals surface area (Å²) in [7, 11) is 0. The maximum Gasteiger partial charge on any atom is 0.271 e. The third kappa shape index (κ3) is 3.07. The van der Waals surface area contributed by atoms with Crippen LogP contribution in [0.5, 0.6) is 0 Å². The van der Waals surface area contributed by atoms with Crippen molar-refractivity contribution < 1.29 is 4.79 Å². The molecule has 0 aliphatic heterocycles. The van der Waals surface area contributed by atoms with E-state index in [2.05, 4.69) is 36.5 Å². The number of hydrogen-bond acceptors (Lipinski definition) is 2. The Morgan fingerprint density at radius 1 is 1.24 bits per heavy atom. The summed E-state index contributed by atoms with van der Waals surface area (Å²) in [5.41, 5.74) is 4.54. The lowest BCUT2D eigenvalue weighted by Gasteiger charge is -2.12. The fourth-order valence-electron chi connectivity index (χ4n) is 3.27. The Kier molecular flexibility index (Phi) is 3.91. The summed E-state index contributed by atoms with van der Waals surface area (Å²) in [6.07, 6.45) is 8.93. The van der Waals surface area contributed by atoms with Gasteiger partial charge in [0.05, 0.1) is 0 Å². The van der Waals surface area contributed by atoms with Crippen LogP contribution in [-0.4, -0.2) is 12.1 Å². The number of rotatable bonds is 4. The Hall–Kier alpha value is -1.90. The Balaban J connectivity index is 1.55. The van der Waals surface area contributed by atoms with Crippen molar-refractivity contribution in [2.24, 2.45) is 22.9 Å². The van der Waals surface area contributed by atoms with Crippen LogP contribution in [0, 0.1) is 17.8 Å². The molecule has 3 rings (SSSR count). The molecule has 1 aromatic rings. The monoisotopic (exact) mass is 282 g/mol. The highest BCUT2D eigenvalue weighted by molar-refractivity contribution is 5.94. The fourth-order valence-corrected chi connectivity index (χ4v) is 3.27. The van der Waals surface area contributed by atoms with Crippen LogP contribution in [0.15, 0.2) is 41.5 Å². The molecule has 2 bridgehead atoms. The third-order valence-electron chi connectivity index (χ3n) is 4.60. The molecule has 0 spiro atoms. The molecule has 2 aliphatic carbocycles. The molecule has 0 aromatic heterocycles. The van der Waals surface area contributed by atoms with E-state index in [1.807, 2.05) is 30.5 Å². The lowest BCUT2D eigenvalue weighted by atomic mass is 9.95. The first-order valence-electron chi connectivity index (χ1n) is 7.75. The normalized spacial score (nSPS) is 26.9. The first-order valence-corrected chi connectivity index (χ1v) is 7.75. The average molecular weight is 282 g/mol. The molecule has 0 radical (unpaired) electrons. The zero-order valence-electron chi connectivity index (χ0n) is 12.6. The first kappa shape index (κ1) is 14.1. The number of carbonyl (C=O) groups is 1. The molecule has 21 heavy (non-hydrogen) atoms. The van der Waals surface area contributed by atoms with Gasteiger partial charge in [0.15, 0.2) is 0 Å². The van der Waals surface area contributed by atoms with Crippen molar-refractivity contribution in [3.8, 4) is 0 Å². The molecule has 1 aromatic carbocycles. The van der Waals surface area contributed by atoms with Crippen molar-refractivity contribution >= 4 is 12.1 Å². The minimum atomic E-state index is -0.139. The highest BCUT2D eigenvalue weighted by Crippen LogP contribution is 2.42. The first-order chi connectivity index (χ1) is 10.1. The number of nitrogens with one attached hydrogen (secondary N) is 1. The summed E-state index contributed by atoms with van der Waals surface area (Å²) in [4.78, 5) is 12.0. The van der Waals surface area contributed by atoms with Crippen LogP contribution in [0.2, 0.25) is 0 Å². The number of allylic oxidation sites excluding steroid dienone is 2. The van der Waals surface area contributed by atoms with E-state index in [1.165, 1.54) is 18.4 Å². The van der Waals surface area contributed by atoms with Crippen molar-refractivity contribution in [2.45, 2.75) is 32.6 Å². The predicted octanol–water partition coefficient (Wildman–Crippen LogP) is 3.74. The smallest absolute Gasteiger partial charge is 0.267 e. The van der Waals surface area contributed by atoms with Crippen molar-refractivity contribution in [1.82, 2.24) is 5.43 Å². The second kappa shape index (κ2) is 5.84. The second-order valence-corrected chi connectivity index (χ2v) is 6.44. The molecule has 3 heteroatoms. The van der Waals surface area contributed by atoms with E-state index < -0.39 is 0 Å². The van der Waals surface area contributed by atoms with Gasteiger partial charge in [0, 0.05) is 17.7 Å². The number of benzene rings is 1. The SMILES string of the molecule is CC(C)c1ccc(C(=O)N/N=C\[C@H]2C[C@H]3C=C[C@H]2C3)cc1. The number of carbonyl (C=O) groups excluding carboxylic acids is 1. The molecule has 0 saturated heterocycles. The van der Waals surface area contributed by atoms with Gasteiger partial charge < -0.3 is 0 Å². The third-order valence-corrected chi connectivity index (χ3v) is 4.60. The molecule has 1 amide bonds. The van der Waals surface area contributed by atoms with Gasteiger partial charge in [-0.1, -0.05) is 38.1 Å². The van der Waals surface area contributed by atoms with Crippen LogP contribution >= 0.6 is 0 Å². The van der Waals surface area contributed by atoms with Gasteiger partial charge in [0.1, 0.15) is 0 Å². The minimum absolute atomic E-state index is 0.139. The van der Waals surface area contributed by atoms with Crippen LogP contribution in [0.25, 0.3) is 0 Å². The van der Waals surface area contributed by atoms with E-state index in [-0.39, 0.29) is 5.91 Å². The molecule has 1 N–H and O–H groups in total. The lowest BCUT2D eigenvalue weighted by Crippen LogP contribution is -2.19. The fraction of sp³-hybridized carbons (Fsp3) is 0.444. The zero-order chi connectivity index (χ0) is 14.8. The van der Waals surface area contributed by atoms with Crippen LogP contribution in [0.4, 0.5) is 0 Å². The zero-order valence-corrected chi connectivity index (χ0v) is 12.6. The van der Waals surface area contributed by atoms with Crippen molar-refractivity contribution in [2.75, 3.05) is 0 Å². The molecule has 1 fully saturated rings. The van der Waals surface area contributed by atoms with Gasteiger partial charge in [-0.3, -0.25) is 4.79 Å². The lowest BCUT2D eigenvalue weighted by molar-refractivity contribution is 0.0955.